The molecule has 0 amide bonds. The van der Waals surface area contributed by atoms with Crippen LogP contribution >= 0.6 is 0 Å². The van der Waals surface area contributed by atoms with E-state index < -0.39 is 0 Å². The Hall–Kier alpha value is -1.13. The molecule has 2 aliphatic heterocycles. The third-order valence-electron chi connectivity index (χ3n) is 4.52. The molecule has 1 aromatic carbocycles. The van der Waals surface area contributed by atoms with Crippen molar-refractivity contribution >= 4 is 0 Å². The van der Waals surface area contributed by atoms with Crippen LogP contribution in [-0.2, 0) is 0 Å². The lowest BCUT2D eigenvalue weighted by Crippen LogP contribution is -2.40. The number of halogens is 1. The molecule has 0 spiro atoms. The van der Waals surface area contributed by atoms with Crippen LogP contribution < -0.4 is 5.32 Å². The van der Waals surface area contributed by atoms with Gasteiger partial charge in [-0.2, -0.15) is 0 Å². The maximum absolute atomic E-state index is 13.8. The Balaban J connectivity index is 1.69. The lowest BCUT2D eigenvalue weighted by Gasteiger charge is -2.25. The van der Waals surface area contributed by atoms with Gasteiger partial charge >= 0.3 is 0 Å². The largest absolute Gasteiger partial charge is 0.508 e. The Kier molecular flexibility index (Phi) is 3.46. The lowest BCUT2D eigenvalue weighted by molar-refractivity contribution is 0.290. The molecule has 104 valence electrons. The average molecular weight is 264 g/mol. The molecular weight excluding hydrogens is 243 g/mol. The van der Waals surface area contributed by atoms with E-state index in [9.17, 15) is 9.50 Å². The minimum atomic E-state index is -0.332. The van der Waals surface area contributed by atoms with Gasteiger partial charge < -0.3 is 10.4 Å². The normalized spacial score (nSPS) is 28.5. The Morgan fingerprint density at radius 1 is 1.37 bits per heavy atom. The molecule has 3 unspecified atom stereocenters. The predicted molar refractivity (Wildman–Crippen MR) is 72.6 cm³/mol. The second-order valence-electron chi connectivity index (χ2n) is 5.73. The molecule has 3 nitrogen and oxygen atoms in total. The van der Waals surface area contributed by atoms with Crippen LogP contribution in [-0.4, -0.2) is 35.2 Å². The standard InChI is InChI=1S/C15H21FN2O/c1-10(12-5-4-11(19)9-13(12)16)17-14-6-8-18-7-2-3-15(14)18/h4-5,9-10,14-15,17,19H,2-3,6-8H2,1H3. The Morgan fingerprint density at radius 3 is 3.00 bits per heavy atom. The second-order valence-corrected chi connectivity index (χ2v) is 5.73. The predicted octanol–water partition coefficient (Wildman–Crippen LogP) is 2.42. The number of hydrogen-bond acceptors (Lipinski definition) is 3. The fourth-order valence-corrected chi connectivity index (χ4v) is 3.56. The van der Waals surface area contributed by atoms with Crippen molar-refractivity contribution in [2.45, 2.75) is 44.3 Å². The van der Waals surface area contributed by atoms with E-state index in [0.717, 1.165) is 13.0 Å². The van der Waals surface area contributed by atoms with Crippen molar-refractivity contribution in [2.24, 2.45) is 0 Å². The average Bonchev–Trinajstić information content (AvgIpc) is 2.94. The molecule has 2 aliphatic rings. The zero-order chi connectivity index (χ0) is 13.4. The number of benzene rings is 1. The highest BCUT2D eigenvalue weighted by molar-refractivity contribution is 5.29. The minimum Gasteiger partial charge on any atom is -0.508 e. The summed E-state index contributed by atoms with van der Waals surface area (Å²) in [6.45, 7) is 4.37. The van der Waals surface area contributed by atoms with Gasteiger partial charge in [0.1, 0.15) is 11.6 Å². The first kappa shape index (κ1) is 12.9. The molecule has 4 heteroatoms. The van der Waals surface area contributed by atoms with Gasteiger partial charge in [0, 0.05) is 36.3 Å². The molecule has 0 aliphatic carbocycles. The Morgan fingerprint density at radius 2 is 2.21 bits per heavy atom. The molecule has 1 aromatic rings. The van der Waals surface area contributed by atoms with Crippen LogP contribution in [0.1, 0.15) is 37.8 Å². The van der Waals surface area contributed by atoms with E-state index >= 15 is 0 Å². The number of hydrogen-bond donors (Lipinski definition) is 2. The summed E-state index contributed by atoms with van der Waals surface area (Å²) in [7, 11) is 0. The first-order valence-electron chi connectivity index (χ1n) is 7.13. The zero-order valence-electron chi connectivity index (χ0n) is 11.3. The molecule has 0 aromatic heterocycles. The number of fused-ring (bicyclic) bond motifs is 1. The van der Waals surface area contributed by atoms with Gasteiger partial charge in [-0.15, -0.1) is 0 Å². The van der Waals surface area contributed by atoms with Gasteiger partial charge in [0.2, 0.25) is 0 Å². The van der Waals surface area contributed by atoms with Crippen LogP contribution in [0.5, 0.6) is 5.75 Å². The number of nitrogens with zero attached hydrogens (tertiary/aromatic N) is 1. The summed E-state index contributed by atoms with van der Waals surface area (Å²) in [5.41, 5.74) is 0.634. The van der Waals surface area contributed by atoms with Crippen molar-refractivity contribution in [3.63, 3.8) is 0 Å². The van der Waals surface area contributed by atoms with Gasteiger partial charge in [-0.1, -0.05) is 6.07 Å². The maximum atomic E-state index is 13.8. The van der Waals surface area contributed by atoms with E-state index in [2.05, 4.69) is 10.2 Å². The quantitative estimate of drug-likeness (QED) is 0.880. The summed E-state index contributed by atoms with van der Waals surface area (Å²) in [5, 5.41) is 12.8. The molecule has 2 N–H and O–H groups in total. The number of rotatable bonds is 3. The summed E-state index contributed by atoms with van der Waals surface area (Å²) < 4.78 is 13.8. The molecule has 2 heterocycles. The Bertz CT molecular complexity index is 465. The van der Waals surface area contributed by atoms with Crippen molar-refractivity contribution in [3.05, 3.63) is 29.6 Å². The maximum Gasteiger partial charge on any atom is 0.131 e. The fourth-order valence-electron chi connectivity index (χ4n) is 3.56. The monoisotopic (exact) mass is 264 g/mol. The second kappa shape index (κ2) is 5.10. The Labute approximate surface area is 113 Å². The molecule has 0 saturated carbocycles. The number of aromatic hydroxyl groups is 1. The summed E-state index contributed by atoms with van der Waals surface area (Å²) in [5.74, 6) is -0.349. The van der Waals surface area contributed by atoms with Gasteiger partial charge in [0.15, 0.2) is 0 Å². The van der Waals surface area contributed by atoms with Crippen LogP contribution in [0.2, 0.25) is 0 Å². The first-order valence-corrected chi connectivity index (χ1v) is 7.13. The SMILES string of the molecule is CC(NC1CCN2CCCC12)c1ccc(O)cc1F. The number of nitrogens with one attached hydrogen (secondary N) is 1. The van der Waals surface area contributed by atoms with Crippen molar-refractivity contribution in [1.29, 1.82) is 0 Å². The van der Waals surface area contributed by atoms with Crippen LogP contribution in [0.25, 0.3) is 0 Å². The molecule has 3 rings (SSSR count). The third kappa shape index (κ3) is 2.47. The van der Waals surface area contributed by atoms with E-state index in [4.69, 9.17) is 0 Å². The highest BCUT2D eigenvalue weighted by atomic mass is 19.1. The summed E-state index contributed by atoms with van der Waals surface area (Å²) in [6, 6.07) is 5.47. The smallest absolute Gasteiger partial charge is 0.131 e. The first-order chi connectivity index (χ1) is 9.15. The van der Waals surface area contributed by atoms with Crippen molar-refractivity contribution in [3.8, 4) is 5.75 Å². The van der Waals surface area contributed by atoms with Crippen LogP contribution in [0.15, 0.2) is 18.2 Å². The zero-order valence-corrected chi connectivity index (χ0v) is 11.3. The van der Waals surface area contributed by atoms with Gasteiger partial charge in [0.05, 0.1) is 0 Å². The molecule has 2 fully saturated rings. The topological polar surface area (TPSA) is 35.5 Å². The van der Waals surface area contributed by atoms with Gasteiger partial charge in [-0.3, -0.25) is 4.90 Å². The lowest BCUT2D eigenvalue weighted by atomic mass is 10.0. The summed E-state index contributed by atoms with van der Waals surface area (Å²) >= 11 is 0. The van der Waals surface area contributed by atoms with Crippen molar-refractivity contribution in [1.82, 2.24) is 10.2 Å². The van der Waals surface area contributed by atoms with Gasteiger partial charge in [0.25, 0.3) is 0 Å². The molecule has 19 heavy (non-hydrogen) atoms. The van der Waals surface area contributed by atoms with Crippen molar-refractivity contribution < 1.29 is 9.50 Å². The molecule has 0 bridgehead atoms. The van der Waals surface area contributed by atoms with Crippen LogP contribution in [0.3, 0.4) is 0 Å². The van der Waals surface area contributed by atoms with Crippen LogP contribution in [0, 0.1) is 5.82 Å². The highest BCUT2D eigenvalue weighted by Crippen LogP contribution is 2.30. The van der Waals surface area contributed by atoms with Crippen LogP contribution in [0.4, 0.5) is 4.39 Å². The summed E-state index contributed by atoms with van der Waals surface area (Å²) in [6.07, 6.45) is 3.68. The molecule has 2 saturated heterocycles. The number of phenols is 1. The molecule has 3 atom stereocenters. The molecular formula is C15H21FN2O. The van der Waals surface area contributed by atoms with E-state index in [1.54, 1.807) is 12.1 Å². The minimum absolute atomic E-state index is 0.0173. The fraction of sp³-hybridized carbons (Fsp3) is 0.600. The number of phenolic OH excluding ortho intramolecular Hbond substituents is 1. The van der Waals surface area contributed by atoms with E-state index in [1.165, 1.54) is 25.5 Å². The molecule has 0 radical (unpaired) electrons. The van der Waals surface area contributed by atoms with Crippen molar-refractivity contribution in [2.75, 3.05) is 13.1 Å². The third-order valence-corrected chi connectivity index (χ3v) is 4.52. The van der Waals surface area contributed by atoms with Gasteiger partial charge in [-0.05, 0) is 38.8 Å². The van der Waals surface area contributed by atoms with E-state index in [1.807, 2.05) is 6.92 Å². The van der Waals surface area contributed by atoms with E-state index in [0.29, 0.717) is 17.6 Å². The highest BCUT2D eigenvalue weighted by Gasteiger charge is 2.37. The summed E-state index contributed by atoms with van der Waals surface area (Å²) in [4.78, 5) is 2.54. The van der Waals surface area contributed by atoms with E-state index in [-0.39, 0.29) is 17.6 Å². The van der Waals surface area contributed by atoms with Gasteiger partial charge in [-0.25, -0.2) is 4.39 Å².